The Bertz CT molecular complexity index is 410. The maximum atomic E-state index is 4.30. The van der Waals surface area contributed by atoms with E-state index in [9.17, 15) is 0 Å². The lowest BCUT2D eigenvalue weighted by Gasteiger charge is -2.25. The van der Waals surface area contributed by atoms with Gasteiger partial charge < -0.3 is 5.32 Å². The number of rotatable bonds is 1. The van der Waals surface area contributed by atoms with Crippen molar-refractivity contribution in [3.05, 3.63) is 34.6 Å². The first-order valence-corrected chi connectivity index (χ1v) is 6.66. The number of halogens is 1. The predicted molar refractivity (Wildman–Crippen MR) is 69.0 cm³/mol. The van der Waals surface area contributed by atoms with E-state index in [-0.39, 0.29) is 0 Å². The molecule has 0 radical (unpaired) electrons. The zero-order chi connectivity index (χ0) is 11.0. The third-order valence-corrected chi connectivity index (χ3v) is 4.16. The van der Waals surface area contributed by atoms with Crippen LogP contribution in [0.2, 0.25) is 0 Å². The van der Waals surface area contributed by atoms with Gasteiger partial charge in [0.2, 0.25) is 0 Å². The molecule has 0 saturated carbocycles. The molecule has 1 N–H and O–H groups in total. The summed E-state index contributed by atoms with van der Waals surface area (Å²) >= 11 is 3.37. The van der Waals surface area contributed by atoms with Crippen LogP contribution in [0.5, 0.6) is 0 Å². The summed E-state index contributed by atoms with van der Waals surface area (Å²) in [5, 5.41) is 3.60. The first-order valence-electron chi connectivity index (χ1n) is 5.87. The van der Waals surface area contributed by atoms with Crippen LogP contribution >= 0.6 is 15.9 Å². The molecule has 16 heavy (non-hydrogen) atoms. The predicted octanol–water partition coefficient (Wildman–Crippen LogP) is 3.00. The van der Waals surface area contributed by atoms with E-state index in [1.165, 1.54) is 30.5 Å². The quantitative estimate of drug-likeness (QED) is 0.799. The third kappa shape index (κ3) is 1.94. The van der Waals surface area contributed by atoms with Crippen LogP contribution in [0.1, 0.15) is 24.8 Å². The minimum atomic E-state index is 0.698. The minimum Gasteiger partial charge on any atom is -0.313 e. The summed E-state index contributed by atoms with van der Waals surface area (Å²) in [7, 11) is 0. The topological polar surface area (TPSA) is 24.9 Å². The van der Waals surface area contributed by atoms with Crippen LogP contribution in [0.15, 0.2) is 29.0 Å². The highest BCUT2D eigenvalue weighted by atomic mass is 79.9. The molecule has 2 heterocycles. The molecule has 3 heteroatoms. The largest absolute Gasteiger partial charge is 0.313 e. The standard InChI is InChI=1S/C13H15BrN2/c14-13-4-3-11(8-16-13)10-2-1-9-5-6-15-12(9)7-10/h2-4,8-9,12,15H,1,5-7H2/t9-,12-/m0/s1. The molecular formula is C13H15BrN2. The smallest absolute Gasteiger partial charge is 0.106 e. The number of allylic oxidation sites excluding steroid dienone is 1. The first-order chi connectivity index (χ1) is 7.83. The Morgan fingerprint density at radius 3 is 3.12 bits per heavy atom. The number of fused-ring (bicyclic) bond motifs is 1. The molecule has 3 rings (SSSR count). The third-order valence-electron chi connectivity index (χ3n) is 3.70. The second-order valence-corrected chi connectivity index (χ2v) is 5.46. The lowest BCUT2D eigenvalue weighted by Crippen LogP contribution is -2.29. The van der Waals surface area contributed by atoms with Gasteiger partial charge in [-0.25, -0.2) is 4.98 Å². The normalized spacial score (nSPS) is 28.7. The molecule has 1 aromatic heterocycles. The van der Waals surface area contributed by atoms with E-state index in [4.69, 9.17) is 0 Å². The van der Waals surface area contributed by atoms with Crippen LogP contribution < -0.4 is 5.32 Å². The van der Waals surface area contributed by atoms with Gasteiger partial charge in [-0.2, -0.15) is 0 Å². The molecule has 84 valence electrons. The van der Waals surface area contributed by atoms with Crippen LogP contribution in [0, 0.1) is 5.92 Å². The van der Waals surface area contributed by atoms with Crippen LogP contribution in [-0.4, -0.2) is 17.6 Å². The van der Waals surface area contributed by atoms with Crippen LogP contribution in [0.3, 0.4) is 0 Å². The second-order valence-electron chi connectivity index (χ2n) is 4.65. The van der Waals surface area contributed by atoms with Crippen molar-refractivity contribution in [1.82, 2.24) is 10.3 Å². The Morgan fingerprint density at radius 2 is 2.31 bits per heavy atom. The Labute approximate surface area is 104 Å². The van der Waals surface area contributed by atoms with Crippen molar-refractivity contribution in [3.8, 4) is 0 Å². The fourth-order valence-corrected chi connectivity index (χ4v) is 2.99. The maximum Gasteiger partial charge on any atom is 0.106 e. The number of nitrogens with one attached hydrogen (secondary N) is 1. The lowest BCUT2D eigenvalue weighted by atomic mass is 9.84. The van der Waals surface area contributed by atoms with E-state index in [0.717, 1.165) is 16.9 Å². The molecule has 0 aromatic carbocycles. The summed E-state index contributed by atoms with van der Waals surface area (Å²) in [6.45, 7) is 1.19. The van der Waals surface area contributed by atoms with Crippen molar-refractivity contribution >= 4 is 21.5 Å². The Kier molecular flexibility index (Phi) is 2.82. The van der Waals surface area contributed by atoms with Crippen molar-refractivity contribution < 1.29 is 0 Å². The van der Waals surface area contributed by atoms with Gasteiger partial charge in [-0.05, 0) is 64.9 Å². The number of nitrogens with zero attached hydrogens (tertiary/aromatic N) is 1. The monoisotopic (exact) mass is 278 g/mol. The average Bonchev–Trinajstić information content (AvgIpc) is 2.77. The number of hydrogen-bond acceptors (Lipinski definition) is 2. The van der Waals surface area contributed by atoms with E-state index in [0.29, 0.717) is 6.04 Å². The Morgan fingerprint density at radius 1 is 1.38 bits per heavy atom. The van der Waals surface area contributed by atoms with E-state index in [2.05, 4.69) is 38.4 Å². The Hall–Kier alpha value is -0.670. The highest BCUT2D eigenvalue weighted by Crippen LogP contribution is 2.34. The molecule has 0 amide bonds. The zero-order valence-corrected chi connectivity index (χ0v) is 10.7. The van der Waals surface area contributed by atoms with Gasteiger partial charge in [0.05, 0.1) is 0 Å². The molecule has 2 aliphatic rings. The number of pyridine rings is 1. The molecule has 2 atom stereocenters. The average molecular weight is 279 g/mol. The van der Waals surface area contributed by atoms with Gasteiger partial charge in [-0.15, -0.1) is 0 Å². The summed E-state index contributed by atoms with van der Waals surface area (Å²) in [4.78, 5) is 4.30. The SMILES string of the molecule is Brc1ccc(C2=CC[C@H]3CCN[C@H]3C2)cn1. The van der Waals surface area contributed by atoms with Crippen molar-refractivity contribution in [2.24, 2.45) is 5.92 Å². The van der Waals surface area contributed by atoms with Crippen LogP contribution in [-0.2, 0) is 0 Å². The number of aromatic nitrogens is 1. The van der Waals surface area contributed by atoms with Gasteiger partial charge in [-0.3, -0.25) is 0 Å². The summed E-state index contributed by atoms with van der Waals surface area (Å²) in [6.07, 6.45) is 8.09. The highest BCUT2D eigenvalue weighted by molar-refractivity contribution is 9.10. The lowest BCUT2D eigenvalue weighted by molar-refractivity contribution is 0.445. The van der Waals surface area contributed by atoms with Gasteiger partial charge in [0, 0.05) is 12.2 Å². The summed E-state index contributed by atoms with van der Waals surface area (Å²) in [6, 6.07) is 4.87. The van der Waals surface area contributed by atoms with Gasteiger partial charge >= 0.3 is 0 Å². The zero-order valence-electron chi connectivity index (χ0n) is 9.12. The molecule has 1 aromatic rings. The molecule has 1 aliphatic heterocycles. The number of hydrogen-bond donors (Lipinski definition) is 1. The van der Waals surface area contributed by atoms with Crippen LogP contribution in [0.4, 0.5) is 0 Å². The van der Waals surface area contributed by atoms with E-state index < -0.39 is 0 Å². The summed E-state index contributed by atoms with van der Waals surface area (Å²) < 4.78 is 0.907. The fourth-order valence-electron chi connectivity index (χ4n) is 2.76. The molecule has 0 spiro atoms. The Balaban J connectivity index is 1.83. The van der Waals surface area contributed by atoms with E-state index >= 15 is 0 Å². The van der Waals surface area contributed by atoms with Gasteiger partial charge in [-0.1, -0.05) is 12.1 Å². The highest BCUT2D eigenvalue weighted by Gasteiger charge is 2.29. The van der Waals surface area contributed by atoms with Gasteiger partial charge in [0.1, 0.15) is 4.60 Å². The summed E-state index contributed by atoms with van der Waals surface area (Å²) in [5.74, 6) is 0.868. The van der Waals surface area contributed by atoms with E-state index in [1.54, 1.807) is 0 Å². The van der Waals surface area contributed by atoms with Crippen molar-refractivity contribution in [2.75, 3.05) is 6.54 Å². The van der Waals surface area contributed by atoms with Crippen LogP contribution in [0.25, 0.3) is 5.57 Å². The van der Waals surface area contributed by atoms with Crippen molar-refractivity contribution in [3.63, 3.8) is 0 Å². The fraction of sp³-hybridized carbons (Fsp3) is 0.462. The maximum absolute atomic E-state index is 4.30. The molecule has 2 nitrogen and oxygen atoms in total. The minimum absolute atomic E-state index is 0.698. The second kappa shape index (κ2) is 4.30. The molecule has 1 saturated heterocycles. The van der Waals surface area contributed by atoms with Crippen molar-refractivity contribution in [2.45, 2.75) is 25.3 Å². The van der Waals surface area contributed by atoms with E-state index in [1.807, 2.05) is 12.3 Å². The van der Waals surface area contributed by atoms with Gasteiger partial charge in [0.15, 0.2) is 0 Å². The molecule has 0 unspecified atom stereocenters. The molecule has 0 bridgehead atoms. The first kappa shape index (κ1) is 10.5. The molecule has 1 aliphatic carbocycles. The van der Waals surface area contributed by atoms with Gasteiger partial charge in [0.25, 0.3) is 0 Å². The summed E-state index contributed by atoms with van der Waals surface area (Å²) in [5.41, 5.74) is 2.73. The molecule has 1 fully saturated rings. The van der Waals surface area contributed by atoms with Crippen molar-refractivity contribution in [1.29, 1.82) is 0 Å². The molecular weight excluding hydrogens is 264 g/mol.